The van der Waals surface area contributed by atoms with Crippen molar-refractivity contribution in [3.63, 3.8) is 0 Å². The number of amides is 3. The van der Waals surface area contributed by atoms with E-state index in [0.29, 0.717) is 5.70 Å². The van der Waals surface area contributed by atoms with Crippen molar-refractivity contribution in [1.29, 1.82) is 0 Å². The lowest BCUT2D eigenvalue weighted by atomic mass is 9.94. The monoisotopic (exact) mass is 286 g/mol. The summed E-state index contributed by atoms with van der Waals surface area (Å²) in [6.07, 6.45) is 6.74. The van der Waals surface area contributed by atoms with Crippen LogP contribution in [0.4, 0.5) is 4.79 Å². The second-order valence-corrected chi connectivity index (χ2v) is 5.55. The molecule has 0 spiro atoms. The van der Waals surface area contributed by atoms with E-state index in [-0.39, 0.29) is 23.7 Å². The van der Waals surface area contributed by atoms with Crippen molar-refractivity contribution in [3.05, 3.63) is 35.5 Å². The summed E-state index contributed by atoms with van der Waals surface area (Å²) in [5, 5.41) is 11.9. The number of phenolic OH excluding ortho intramolecular Hbond substituents is 1. The van der Waals surface area contributed by atoms with Crippen molar-refractivity contribution in [3.8, 4) is 5.75 Å². The highest BCUT2D eigenvalue weighted by atomic mass is 16.3. The Labute approximate surface area is 123 Å². The average molecular weight is 286 g/mol. The number of imide groups is 1. The molecule has 2 aliphatic rings. The Balaban J connectivity index is 1.80. The lowest BCUT2D eigenvalue weighted by Crippen LogP contribution is -2.41. The predicted octanol–water partition coefficient (Wildman–Crippen LogP) is 2.62. The van der Waals surface area contributed by atoms with Crippen molar-refractivity contribution < 1.29 is 14.7 Å². The van der Waals surface area contributed by atoms with Crippen molar-refractivity contribution in [2.45, 2.75) is 38.1 Å². The van der Waals surface area contributed by atoms with Crippen molar-refractivity contribution in [1.82, 2.24) is 10.2 Å². The maximum atomic E-state index is 12.4. The maximum absolute atomic E-state index is 12.4. The molecule has 0 unspecified atom stereocenters. The van der Waals surface area contributed by atoms with Crippen molar-refractivity contribution in [2.75, 3.05) is 0 Å². The summed E-state index contributed by atoms with van der Waals surface area (Å²) < 4.78 is 0. The van der Waals surface area contributed by atoms with Gasteiger partial charge in [-0.25, -0.2) is 4.79 Å². The first-order valence-corrected chi connectivity index (χ1v) is 7.30. The number of aromatic hydroxyl groups is 1. The van der Waals surface area contributed by atoms with Crippen molar-refractivity contribution in [2.24, 2.45) is 0 Å². The Morgan fingerprint density at radius 1 is 1.10 bits per heavy atom. The number of rotatable bonds is 2. The van der Waals surface area contributed by atoms with Gasteiger partial charge in [-0.3, -0.25) is 9.69 Å². The van der Waals surface area contributed by atoms with Gasteiger partial charge in [-0.1, -0.05) is 31.4 Å². The van der Waals surface area contributed by atoms with E-state index in [1.54, 1.807) is 30.3 Å². The molecule has 1 saturated carbocycles. The quantitative estimate of drug-likeness (QED) is 0.648. The zero-order valence-electron chi connectivity index (χ0n) is 11.7. The molecule has 1 aromatic rings. The van der Waals surface area contributed by atoms with E-state index in [9.17, 15) is 14.7 Å². The van der Waals surface area contributed by atoms with E-state index in [0.717, 1.165) is 31.2 Å². The fraction of sp³-hybridized carbons (Fsp3) is 0.375. The summed E-state index contributed by atoms with van der Waals surface area (Å²) in [6.45, 7) is 0. The summed E-state index contributed by atoms with van der Waals surface area (Å²) >= 11 is 0. The first-order valence-electron chi connectivity index (χ1n) is 7.30. The summed E-state index contributed by atoms with van der Waals surface area (Å²) in [7, 11) is 0. The molecule has 0 bridgehead atoms. The Hall–Kier alpha value is -2.30. The molecule has 5 nitrogen and oxygen atoms in total. The van der Waals surface area contributed by atoms with E-state index in [1.165, 1.54) is 11.3 Å². The van der Waals surface area contributed by atoms with Gasteiger partial charge in [0, 0.05) is 6.04 Å². The number of benzene rings is 1. The first-order chi connectivity index (χ1) is 10.1. The maximum Gasteiger partial charge on any atom is 0.329 e. The SMILES string of the molecule is O=C1N/C(=C\c2ccc(O)cc2)C(=O)N1C1CCCCC1. The van der Waals surface area contributed by atoms with Crippen LogP contribution < -0.4 is 5.32 Å². The fourth-order valence-corrected chi connectivity index (χ4v) is 2.96. The van der Waals surface area contributed by atoms with Gasteiger partial charge in [0.25, 0.3) is 5.91 Å². The van der Waals surface area contributed by atoms with E-state index >= 15 is 0 Å². The highest BCUT2D eigenvalue weighted by molar-refractivity contribution is 6.14. The van der Waals surface area contributed by atoms with Gasteiger partial charge in [0.15, 0.2) is 0 Å². The van der Waals surface area contributed by atoms with E-state index < -0.39 is 0 Å². The lowest BCUT2D eigenvalue weighted by Gasteiger charge is -2.28. The van der Waals surface area contributed by atoms with E-state index in [4.69, 9.17) is 0 Å². The van der Waals surface area contributed by atoms with Gasteiger partial charge >= 0.3 is 6.03 Å². The Bertz CT molecular complexity index is 586. The Morgan fingerprint density at radius 2 is 1.76 bits per heavy atom. The molecule has 5 heteroatoms. The number of nitrogens with one attached hydrogen (secondary N) is 1. The fourth-order valence-electron chi connectivity index (χ4n) is 2.96. The number of hydrogen-bond acceptors (Lipinski definition) is 3. The van der Waals surface area contributed by atoms with Gasteiger partial charge in [0.2, 0.25) is 0 Å². The van der Waals surface area contributed by atoms with Gasteiger partial charge in [-0.05, 0) is 36.6 Å². The Kier molecular flexibility index (Phi) is 3.64. The van der Waals surface area contributed by atoms with Gasteiger partial charge in [0.05, 0.1) is 0 Å². The largest absolute Gasteiger partial charge is 0.508 e. The van der Waals surface area contributed by atoms with Gasteiger partial charge in [0.1, 0.15) is 11.4 Å². The molecule has 0 aromatic heterocycles. The van der Waals surface area contributed by atoms with Crippen LogP contribution in [0.15, 0.2) is 30.0 Å². The average Bonchev–Trinajstić information content (AvgIpc) is 2.77. The van der Waals surface area contributed by atoms with Crippen LogP contribution in [0.2, 0.25) is 0 Å². The summed E-state index contributed by atoms with van der Waals surface area (Å²) in [6, 6.07) is 6.20. The molecule has 1 aliphatic heterocycles. The second-order valence-electron chi connectivity index (χ2n) is 5.55. The number of carbonyl (C=O) groups is 2. The van der Waals surface area contributed by atoms with E-state index in [1.807, 2.05) is 0 Å². The molecule has 0 radical (unpaired) electrons. The molecule has 2 N–H and O–H groups in total. The van der Waals surface area contributed by atoms with E-state index in [2.05, 4.69) is 5.32 Å². The van der Waals surface area contributed by atoms with Crippen LogP contribution in [0.25, 0.3) is 6.08 Å². The summed E-state index contributed by atoms with van der Waals surface area (Å²) in [4.78, 5) is 25.8. The normalized spacial score (nSPS) is 21.9. The standard InChI is InChI=1S/C16H18N2O3/c19-13-8-6-11(7-9-13)10-14-15(20)18(16(21)17-14)12-4-2-1-3-5-12/h6-10,12,19H,1-5H2,(H,17,21)/b14-10-. The number of phenols is 1. The lowest BCUT2D eigenvalue weighted by molar-refractivity contribution is -0.124. The Morgan fingerprint density at radius 3 is 2.43 bits per heavy atom. The van der Waals surface area contributed by atoms with Crippen LogP contribution in [0.5, 0.6) is 5.75 Å². The van der Waals surface area contributed by atoms with Crippen LogP contribution >= 0.6 is 0 Å². The molecule has 0 atom stereocenters. The highest BCUT2D eigenvalue weighted by Gasteiger charge is 2.38. The minimum Gasteiger partial charge on any atom is -0.508 e. The molecule has 1 saturated heterocycles. The zero-order valence-corrected chi connectivity index (χ0v) is 11.7. The molecule has 1 aromatic carbocycles. The molecular weight excluding hydrogens is 268 g/mol. The smallest absolute Gasteiger partial charge is 0.329 e. The van der Waals surface area contributed by atoms with Gasteiger partial charge in [-0.15, -0.1) is 0 Å². The van der Waals surface area contributed by atoms with Gasteiger partial charge in [-0.2, -0.15) is 0 Å². The molecule has 3 rings (SSSR count). The first kappa shape index (κ1) is 13.7. The molecule has 2 fully saturated rings. The topological polar surface area (TPSA) is 69.6 Å². The molecular formula is C16H18N2O3. The number of carbonyl (C=O) groups excluding carboxylic acids is 2. The predicted molar refractivity (Wildman–Crippen MR) is 78.3 cm³/mol. The van der Waals surface area contributed by atoms with Gasteiger partial charge < -0.3 is 10.4 Å². The molecule has 1 heterocycles. The summed E-state index contributed by atoms with van der Waals surface area (Å²) in [5.74, 6) is -0.0808. The molecule has 21 heavy (non-hydrogen) atoms. The number of nitrogens with zero attached hydrogens (tertiary/aromatic N) is 1. The molecule has 110 valence electrons. The zero-order chi connectivity index (χ0) is 14.8. The van der Waals surface area contributed by atoms with Crippen LogP contribution in [0.3, 0.4) is 0 Å². The van der Waals surface area contributed by atoms with Crippen LogP contribution in [-0.2, 0) is 4.79 Å². The van der Waals surface area contributed by atoms with Crippen LogP contribution in [0.1, 0.15) is 37.7 Å². The van der Waals surface area contributed by atoms with Crippen LogP contribution in [-0.4, -0.2) is 28.0 Å². The third kappa shape index (κ3) is 2.77. The number of hydrogen-bond donors (Lipinski definition) is 2. The third-order valence-electron chi connectivity index (χ3n) is 4.05. The van der Waals surface area contributed by atoms with Crippen LogP contribution in [0, 0.1) is 0 Å². The summed E-state index contributed by atoms with van der Waals surface area (Å²) in [5.41, 5.74) is 1.07. The molecule has 1 aliphatic carbocycles. The minimum atomic E-state index is -0.322. The minimum absolute atomic E-state index is 0.0250. The number of urea groups is 1. The third-order valence-corrected chi connectivity index (χ3v) is 4.05. The highest BCUT2D eigenvalue weighted by Crippen LogP contribution is 2.26. The molecule has 3 amide bonds. The second kappa shape index (κ2) is 5.60. The van der Waals surface area contributed by atoms with Crippen molar-refractivity contribution >= 4 is 18.0 Å².